The fraction of sp³-hybridized carbons (Fsp3) is 0.833. The smallest absolute Gasteiger partial charge is 0.137 e. The van der Waals surface area contributed by atoms with Crippen LogP contribution in [0, 0.1) is 5.92 Å². The fourth-order valence-electron chi connectivity index (χ4n) is 0.929. The molecule has 2 heteroatoms. The first kappa shape index (κ1) is 5.76. The maximum atomic E-state index is 10.6. The molecule has 1 rings (SSSR count). The van der Waals surface area contributed by atoms with Gasteiger partial charge in [0.05, 0.1) is 0 Å². The molecule has 0 saturated heterocycles. The summed E-state index contributed by atoms with van der Waals surface area (Å²) in [5.41, 5.74) is 0. The lowest BCUT2D eigenvalue weighted by atomic mass is 9.84. The van der Waals surface area contributed by atoms with Crippen LogP contribution < -0.4 is 5.32 Å². The highest BCUT2D eigenvalue weighted by Gasteiger charge is 2.26. The Bertz CT molecular complexity index is 101. The second kappa shape index (κ2) is 2.27. The third kappa shape index (κ3) is 0.892. The molecular weight excluding hydrogens is 102 g/mol. The fourth-order valence-corrected chi connectivity index (χ4v) is 0.929. The predicted octanol–water partition coefficient (Wildman–Crippen LogP) is 0.185. The van der Waals surface area contributed by atoms with Gasteiger partial charge in [0.1, 0.15) is 5.78 Å². The summed E-state index contributed by atoms with van der Waals surface area (Å²) in [6, 6.07) is 0. The van der Waals surface area contributed by atoms with Gasteiger partial charge in [-0.2, -0.15) is 0 Å². The molecule has 1 unspecified atom stereocenters. The van der Waals surface area contributed by atoms with Gasteiger partial charge >= 0.3 is 0 Å². The lowest BCUT2D eigenvalue weighted by molar-refractivity contribution is -0.128. The Hall–Kier alpha value is -0.370. The maximum absolute atomic E-state index is 10.6. The number of hydrogen-bond donors (Lipinski definition) is 1. The van der Waals surface area contributed by atoms with Crippen molar-refractivity contribution < 1.29 is 4.79 Å². The quantitative estimate of drug-likeness (QED) is 0.553. The van der Waals surface area contributed by atoms with Crippen LogP contribution in [-0.2, 0) is 4.79 Å². The zero-order chi connectivity index (χ0) is 5.98. The van der Waals surface area contributed by atoms with E-state index in [-0.39, 0.29) is 0 Å². The molecule has 1 N–H and O–H groups in total. The molecule has 1 aliphatic rings. The van der Waals surface area contributed by atoms with Crippen LogP contribution in [0.2, 0.25) is 0 Å². The van der Waals surface area contributed by atoms with Gasteiger partial charge < -0.3 is 5.32 Å². The van der Waals surface area contributed by atoms with Gasteiger partial charge in [-0.3, -0.25) is 4.79 Å². The van der Waals surface area contributed by atoms with Gasteiger partial charge in [0.2, 0.25) is 0 Å². The summed E-state index contributed by atoms with van der Waals surface area (Å²) in [6.07, 6.45) is 1.91. The van der Waals surface area contributed by atoms with Crippen molar-refractivity contribution in [1.29, 1.82) is 0 Å². The van der Waals surface area contributed by atoms with E-state index in [1.807, 2.05) is 7.05 Å². The highest BCUT2D eigenvalue weighted by atomic mass is 16.1. The molecular formula is C6H11NO. The Morgan fingerprint density at radius 1 is 1.88 bits per heavy atom. The predicted molar refractivity (Wildman–Crippen MR) is 31.7 cm³/mol. The van der Waals surface area contributed by atoms with Gasteiger partial charge in [-0.25, -0.2) is 0 Å². The Morgan fingerprint density at radius 2 is 2.62 bits per heavy atom. The average molecular weight is 113 g/mol. The van der Waals surface area contributed by atoms with Crippen LogP contribution in [0.5, 0.6) is 0 Å². The number of carbonyl (C=O) groups excluding carboxylic acids is 1. The normalized spacial score (nSPS) is 27.6. The van der Waals surface area contributed by atoms with Crippen LogP contribution in [-0.4, -0.2) is 19.4 Å². The van der Waals surface area contributed by atoms with Crippen LogP contribution in [0.3, 0.4) is 0 Å². The Balaban J connectivity index is 2.17. The summed E-state index contributed by atoms with van der Waals surface area (Å²) in [7, 11) is 1.88. The van der Waals surface area contributed by atoms with Gasteiger partial charge in [-0.05, 0) is 13.5 Å². The number of ketones is 1. The first-order valence-electron chi connectivity index (χ1n) is 3.02. The SMILES string of the molecule is CNCC1CCC1=O. The minimum Gasteiger partial charge on any atom is -0.319 e. The largest absolute Gasteiger partial charge is 0.319 e. The molecule has 2 nitrogen and oxygen atoms in total. The van der Waals surface area contributed by atoms with Crippen LogP contribution in [0.15, 0.2) is 0 Å². The van der Waals surface area contributed by atoms with Gasteiger partial charge in [-0.1, -0.05) is 0 Å². The van der Waals surface area contributed by atoms with E-state index >= 15 is 0 Å². The lowest BCUT2D eigenvalue weighted by Gasteiger charge is -2.22. The molecule has 0 bridgehead atoms. The molecule has 1 saturated carbocycles. The van der Waals surface area contributed by atoms with Crippen molar-refractivity contribution in [2.45, 2.75) is 12.8 Å². The van der Waals surface area contributed by atoms with Crippen molar-refractivity contribution in [3.63, 3.8) is 0 Å². The number of hydrogen-bond acceptors (Lipinski definition) is 2. The molecule has 0 aromatic heterocycles. The van der Waals surface area contributed by atoms with Crippen molar-refractivity contribution in [3.8, 4) is 0 Å². The third-order valence-electron chi connectivity index (χ3n) is 1.65. The van der Waals surface area contributed by atoms with Gasteiger partial charge in [0.15, 0.2) is 0 Å². The molecule has 0 spiro atoms. The van der Waals surface area contributed by atoms with E-state index in [1.54, 1.807) is 0 Å². The first-order valence-corrected chi connectivity index (χ1v) is 3.02. The van der Waals surface area contributed by atoms with Crippen molar-refractivity contribution >= 4 is 5.78 Å². The van der Waals surface area contributed by atoms with E-state index in [4.69, 9.17) is 0 Å². The highest BCUT2D eigenvalue weighted by Crippen LogP contribution is 2.20. The molecule has 1 atom stereocenters. The monoisotopic (exact) mass is 113 g/mol. The van der Waals surface area contributed by atoms with Crippen LogP contribution >= 0.6 is 0 Å². The zero-order valence-corrected chi connectivity index (χ0v) is 5.11. The molecule has 46 valence electrons. The molecule has 1 aliphatic carbocycles. The van der Waals surface area contributed by atoms with Crippen molar-refractivity contribution in [2.24, 2.45) is 5.92 Å². The zero-order valence-electron chi connectivity index (χ0n) is 5.11. The van der Waals surface area contributed by atoms with Crippen LogP contribution in [0.25, 0.3) is 0 Å². The Morgan fingerprint density at radius 3 is 2.75 bits per heavy atom. The summed E-state index contributed by atoms with van der Waals surface area (Å²) < 4.78 is 0. The van der Waals surface area contributed by atoms with E-state index < -0.39 is 0 Å². The summed E-state index contributed by atoms with van der Waals surface area (Å²) >= 11 is 0. The van der Waals surface area contributed by atoms with Crippen LogP contribution in [0.1, 0.15) is 12.8 Å². The van der Waals surface area contributed by atoms with E-state index in [0.717, 1.165) is 19.4 Å². The third-order valence-corrected chi connectivity index (χ3v) is 1.65. The summed E-state index contributed by atoms with van der Waals surface area (Å²) in [5, 5.41) is 2.98. The minimum atomic E-state index is 0.347. The molecule has 1 fully saturated rings. The summed E-state index contributed by atoms with van der Waals surface area (Å²) in [6.45, 7) is 0.874. The van der Waals surface area contributed by atoms with Crippen molar-refractivity contribution in [2.75, 3.05) is 13.6 Å². The molecule has 0 aliphatic heterocycles. The second-order valence-corrected chi connectivity index (χ2v) is 2.26. The van der Waals surface area contributed by atoms with Crippen LogP contribution in [0.4, 0.5) is 0 Å². The first-order chi connectivity index (χ1) is 3.84. The summed E-state index contributed by atoms with van der Waals surface area (Å²) in [4.78, 5) is 10.6. The van der Waals surface area contributed by atoms with E-state index in [1.165, 1.54) is 0 Å². The van der Waals surface area contributed by atoms with E-state index in [0.29, 0.717) is 11.7 Å². The number of nitrogens with one attached hydrogen (secondary N) is 1. The van der Waals surface area contributed by atoms with Gasteiger partial charge in [0.25, 0.3) is 0 Å². The molecule has 8 heavy (non-hydrogen) atoms. The number of rotatable bonds is 2. The highest BCUT2D eigenvalue weighted by molar-refractivity contribution is 5.86. The Labute approximate surface area is 49.3 Å². The standard InChI is InChI=1S/C6H11NO/c1-7-4-5-2-3-6(5)8/h5,7H,2-4H2,1H3. The van der Waals surface area contributed by atoms with Gasteiger partial charge in [-0.15, -0.1) is 0 Å². The molecule has 0 aromatic carbocycles. The lowest BCUT2D eigenvalue weighted by Crippen LogP contribution is -2.33. The van der Waals surface area contributed by atoms with Gasteiger partial charge in [0, 0.05) is 18.9 Å². The molecule has 0 aromatic rings. The maximum Gasteiger partial charge on any atom is 0.137 e. The average Bonchev–Trinajstić information content (AvgIpc) is 1.79. The molecule has 0 radical (unpaired) electrons. The van der Waals surface area contributed by atoms with Crippen molar-refractivity contribution in [3.05, 3.63) is 0 Å². The number of carbonyl (C=O) groups is 1. The molecule has 0 heterocycles. The van der Waals surface area contributed by atoms with E-state index in [2.05, 4.69) is 5.32 Å². The van der Waals surface area contributed by atoms with Crippen molar-refractivity contribution in [1.82, 2.24) is 5.32 Å². The molecule has 0 amide bonds. The Kier molecular flexibility index (Phi) is 1.63. The minimum absolute atomic E-state index is 0.347. The number of Topliss-reactive ketones (excluding diaryl/α,β-unsaturated/α-hetero) is 1. The second-order valence-electron chi connectivity index (χ2n) is 2.26. The summed E-state index contributed by atoms with van der Waals surface area (Å²) in [5.74, 6) is 0.777. The van der Waals surface area contributed by atoms with E-state index in [9.17, 15) is 4.79 Å². The topological polar surface area (TPSA) is 29.1 Å².